The van der Waals surface area contributed by atoms with Crippen molar-refractivity contribution in [1.29, 1.82) is 0 Å². The van der Waals surface area contributed by atoms with E-state index in [1.807, 2.05) is 0 Å². The molecule has 13 heteroatoms. The van der Waals surface area contributed by atoms with E-state index in [0.29, 0.717) is 54.0 Å². The first-order valence-electron chi connectivity index (χ1n) is 13.3. The minimum atomic E-state index is -0.937. The van der Waals surface area contributed by atoms with E-state index >= 15 is 8.78 Å². The van der Waals surface area contributed by atoms with E-state index in [-0.39, 0.29) is 40.7 Å². The van der Waals surface area contributed by atoms with E-state index < -0.39 is 17.2 Å². The van der Waals surface area contributed by atoms with Crippen LogP contribution in [0.3, 0.4) is 0 Å². The molecule has 0 bridgehead atoms. The Morgan fingerprint density at radius 3 is 2.76 bits per heavy atom. The fraction of sp³-hybridized carbons (Fsp3) is 0.357. The number of rotatable bonds is 7. The number of aryl methyl sites for hydroxylation is 1. The molecule has 0 radical (unpaired) electrons. The van der Waals surface area contributed by atoms with Gasteiger partial charge >= 0.3 is 0 Å². The van der Waals surface area contributed by atoms with Crippen LogP contribution in [-0.4, -0.2) is 62.7 Å². The number of hydrogen-bond acceptors (Lipinski definition) is 7. The van der Waals surface area contributed by atoms with E-state index in [1.54, 1.807) is 37.1 Å². The number of fused-ring (bicyclic) bond motifs is 1. The molecule has 6 rings (SSSR count). The average Bonchev–Trinajstić information content (AvgIpc) is 3.70. The highest BCUT2D eigenvalue weighted by Crippen LogP contribution is 2.44. The number of tetrazole rings is 1. The number of H-pyrrole nitrogens is 1. The van der Waals surface area contributed by atoms with Gasteiger partial charge in [-0.1, -0.05) is 11.6 Å². The molecule has 1 aromatic carbocycles. The summed E-state index contributed by atoms with van der Waals surface area (Å²) in [5.41, 5.74) is 1.21. The lowest BCUT2D eigenvalue weighted by Gasteiger charge is -2.33. The van der Waals surface area contributed by atoms with Crippen molar-refractivity contribution in [3.05, 3.63) is 76.7 Å². The van der Waals surface area contributed by atoms with Crippen LogP contribution in [0.25, 0.3) is 22.5 Å². The van der Waals surface area contributed by atoms with Gasteiger partial charge in [-0.15, -0.1) is 5.10 Å². The molecule has 3 aromatic heterocycles. The predicted octanol–water partition coefficient (Wildman–Crippen LogP) is 4.60. The number of carbonyl (C=O) groups is 1. The maximum absolute atomic E-state index is 15.3. The van der Waals surface area contributed by atoms with Crippen molar-refractivity contribution in [2.75, 3.05) is 0 Å². The van der Waals surface area contributed by atoms with E-state index in [0.717, 1.165) is 0 Å². The van der Waals surface area contributed by atoms with Gasteiger partial charge in [0.1, 0.15) is 12.2 Å². The third-order valence-corrected chi connectivity index (χ3v) is 7.93. The molecule has 2 aliphatic heterocycles. The van der Waals surface area contributed by atoms with Gasteiger partial charge in [-0.2, -0.15) is 4.68 Å². The summed E-state index contributed by atoms with van der Waals surface area (Å²) >= 11 is 6.12. The number of benzene rings is 1. The van der Waals surface area contributed by atoms with Crippen molar-refractivity contribution in [3.8, 4) is 16.9 Å². The standard InChI is InChI=1S/C28H27ClF2N8O2/c1-28(2,41)9-7-19-25(30)17(8-10-32-19)20-13-33-27(35-20)22-5-3-16-11-15(12-23(40)39(16)22)24-21(38-14-34-36-37-38)6-4-18(29)26(24)31/h4,6,8,10,12-14,16,22,41H,3,5,7,9,11H2,1-2H3,(H,33,35)/t16-,22+/m1/s1. The number of amides is 1. The molecule has 2 atom stereocenters. The Kier molecular flexibility index (Phi) is 6.90. The first-order valence-corrected chi connectivity index (χ1v) is 13.6. The van der Waals surface area contributed by atoms with E-state index in [1.165, 1.54) is 29.3 Å². The van der Waals surface area contributed by atoms with Crippen molar-refractivity contribution in [1.82, 2.24) is 40.1 Å². The summed E-state index contributed by atoms with van der Waals surface area (Å²) in [7, 11) is 0. The van der Waals surface area contributed by atoms with Crippen molar-refractivity contribution in [3.63, 3.8) is 0 Å². The fourth-order valence-electron chi connectivity index (χ4n) is 5.64. The van der Waals surface area contributed by atoms with Gasteiger partial charge in [0.05, 0.1) is 39.9 Å². The van der Waals surface area contributed by atoms with Gasteiger partial charge < -0.3 is 15.0 Å². The van der Waals surface area contributed by atoms with Gasteiger partial charge in [-0.25, -0.2) is 13.8 Å². The number of aromatic nitrogens is 7. The first kappa shape index (κ1) is 27.2. The SMILES string of the molecule is CC(C)(O)CCc1nccc(-c2cnc([C@@H]3CC[C@@H]4CC(c5c(-n6cnnn6)ccc(Cl)c5F)=CC(=O)N43)[nH]2)c1F. The normalized spacial score (nSPS) is 19.0. The molecular weight excluding hydrogens is 554 g/mol. The molecule has 0 saturated carbocycles. The molecule has 4 aromatic rings. The zero-order valence-corrected chi connectivity index (χ0v) is 23.1. The van der Waals surface area contributed by atoms with Crippen LogP contribution < -0.4 is 0 Å². The third-order valence-electron chi connectivity index (χ3n) is 7.64. The van der Waals surface area contributed by atoms with Gasteiger partial charge in [0.25, 0.3) is 0 Å². The maximum Gasteiger partial charge on any atom is 0.247 e. The minimum absolute atomic E-state index is 0.0633. The van der Waals surface area contributed by atoms with Crippen LogP contribution in [-0.2, 0) is 11.2 Å². The van der Waals surface area contributed by atoms with Crippen LogP contribution in [0.4, 0.5) is 8.78 Å². The summed E-state index contributed by atoms with van der Waals surface area (Å²) < 4.78 is 32.0. The summed E-state index contributed by atoms with van der Waals surface area (Å²) in [5.74, 6) is -0.841. The lowest BCUT2D eigenvalue weighted by Crippen LogP contribution is -2.39. The number of aromatic amines is 1. The molecule has 0 unspecified atom stereocenters. The molecule has 0 spiro atoms. The van der Waals surface area contributed by atoms with Crippen LogP contribution in [0.5, 0.6) is 0 Å². The lowest BCUT2D eigenvalue weighted by atomic mass is 9.92. The van der Waals surface area contributed by atoms with Crippen LogP contribution in [0.15, 0.2) is 43.0 Å². The summed E-state index contributed by atoms with van der Waals surface area (Å²) in [4.78, 5) is 27.1. The second-order valence-corrected chi connectivity index (χ2v) is 11.4. The van der Waals surface area contributed by atoms with E-state index in [2.05, 4.69) is 30.5 Å². The van der Waals surface area contributed by atoms with Crippen LogP contribution in [0, 0.1) is 11.6 Å². The topological polar surface area (TPSA) is 126 Å². The smallest absolute Gasteiger partial charge is 0.247 e. The Labute approximate surface area is 239 Å². The molecule has 0 aliphatic carbocycles. The molecule has 5 heterocycles. The summed E-state index contributed by atoms with van der Waals surface area (Å²) in [6, 6.07) is 4.08. The summed E-state index contributed by atoms with van der Waals surface area (Å²) in [5, 5.41) is 21.1. The number of pyridine rings is 1. The second kappa shape index (κ2) is 10.4. The average molecular weight is 581 g/mol. The number of carbonyl (C=O) groups excluding carboxylic acids is 1. The molecule has 212 valence electrons. The zero-order chi connectivity index (χ0) is 28.9. The highest BCUT2D eigenvalue weighted by Gasteiger charge is 2.42. The Hall–Kier alpha value is -4.03. The van der Waals surface area contributed by atoms with Crippen molar-refractivity contribution >= 4 is 23.1 Å². The lowest BCUT2D eigenvalue weighted by molar-refractivity contribution is -0.129. The molecular formula is C28H27ClF2N8O2. The van der Waals surface area contributed by atoms with E-state index in [4.69, 9.17) is 11.6 Å². The number of imidazole rings is 1. The van der Waals surface area contributed by atoms with Gasteiger partial charge in [-0.05, 0) is 80.2 Å². The van der Waals surface area contributed by atoms with Gasteiger partial charge in [0, 0.05) is 29.4 Å². The second-order valence-electron chi connectivity index (χ2n) is 11.0. The third kappa shape index (κ3) is 5.13. The summed E-state index contributed by atoms with van der Waals surface area (Å²) in [6.45, 7) is 3.34. The van der Waals surface area contributed by atoms with E-state index in [9.17, 15) is 9.90 Å². The van der Waals surface area contributed by atoms with Gasteiger partial charge in [0.2, 0.25) is 5.91 Å². The van der Waals surface area contributed by atoms with Gasteiger partial charge in [0.15, 0.2) is 11.6 Å². The molecule has 2 N–H and O–H groups in total. The van der Waals surface area contributed by atoms with Crippen molar-refractivity contribution in [2.24, 2.45) is 0 Å². The number of hydrogen-bond donors (Lipinski definition) is 2. The van der Waals surface area contributed by atoms with Crippen molar-refractivity contribution in [2.45, 2.75) is 63.6 Å². The summed E-state index contributed by atoms with van der Waals surface area (Å²) in [6.07, 6.45) is 8.24. The zero-order valence-electron chi connectivity index (χ0n) is 22.4. The van der Waals surface area contributed by atoms with Crippen LogP contribution in [0.2, 0.25) is 5.02 Å². The molecule has 41 heavy (non-hydrogen) atoms. The molecule has 10 nitrogen and oxygen atoms in total. The first-order chi connectivity index (χ1) is 19.6. The monoisotopic (exact) mass is 580 g/mol. The number of nitrogens with zero attached hydrogens (tertiary/aromatic N) is 7. The highest BCUT2D eigenvalue weighted by atomic mass is 35.5. The van der Waals surface area contributed by atoms with Crippen molar-refractivity contribution < 1.29 is 18.7 Å². The largest absolute Gasteiger partial charge is 0.390 e. The highest BCUT2D eigenvalue weighted by molar-refractivity contribution is 6.31. The Morgan fingerprint density at radius 1 is 1.17 bits per heavy atom. The molecule has 1 amide bonds. The number of nitrogens with one attached hydrogen (secondary N) is 1. The predicted molar refractivity (Wildman–Crippen MR) is 146 cm³/mol. The molecule has 2 aliphatic rings. The fourth-order valence-corrected chi connectivity index (χ4v) is 5.80. The van der Waals surface area contributed by atoms with Crippen LogP contribution in [0.1, 0.15) is 62.7 Å². The minimum Gasteiger partial charge on any atom is -0.390 e. The van der Waals surface area contributed by atoms with Crippen LogP contribution >= 0.6 is 11.6 Å². The Morgan fingerprint density at radius 2 is 2.00 bits per heavy atom. The Bertz CT molecular complexity index is 1650. The number of halogens is 3. The van der Waals surface area contributed by atoms with Gasteiger partial charge in [-0.3, -0.25) is 9.78 Å². The molecule has 1 saturated heterocycles. The molecule has 1 fully saturated rings. The number of aliphatic hydroxyl groups is 1. The Balaban J connectivity index is 1.27. The maximum atomic E-state index is 15.3. The quantitative estimate of drug-likeness (QED) is 0.327.